The molecule has 2 N–H and O–H groups in total. The van der Waals surface area contributed by atoms with Gasteiger partial charge in [-0.15, -0.1) is 0 Å². The van der Waals surface area contributed by atoms with Crippen LogP contribution in [0, 0.1) is 6.92 Å². The molecule has 1 unspecified atom stereocenters. The molecule has 0 aliphatic heterocycles. The molecule has 0 aliphatic carbocycles. The van der Waals surface area contributed by atoms with E-state index in [4.69, 9.17) is 5.73 Å². The zero-order valence-corrected chi connectivity index (χ0v) is 12.6. The highest BCUT2D eigenvalue weighted by atomic mass is 15.1. The van der Waals surface area contributed by atoms with Crippen LogP contribution in [0.15, 0.2) is 36.4 Å². The Kier molecular flexibility index (Phi) is 3.66. The van der Waals surface area contributed by atoms with Crippen molar-refractivity contribution in [3.05, 3.63) is 47.5 Å². The first-order chi connectivity index (χ1) is 8.79. The lowest BCUT2D eigenvalue weighted by molar-refractivity contribution is 0.205. The second-order valence-electron chi connectivity index (χ2n) is 6.30. The van der Waals surface area contributed by atoms with Crippen molar-refractivity contribution in [3.63, 3.8) is 0 Å². The van der Waals surface area contributed by atoms with Gasteiger partial charge < -0.3 is 10.6 Å². The number of hydrogen-bond donors (Lipinski definition) is 1. The van der Waals surface area contributed by atoms with E-state index in [1.807, 2.05) is 0 Å². The summed E-state index contributed by atoms with van der Waals surface area (Å²) in [5.41, 5.74) is 8.63. The Hall–Kier alpha value is -1.38. The summed E-state index contributed by atoms with van der Waals surface area (Å²) in [6, 6.07) is 13.4. The number of aryl methyl sites for hydroxylation is 1. The van der Waals surface area contributed by atoms with Gasteiger partial charge >= 0.3 is 0 Å². The monoisotopic (exact) mass is 256 g/mol. The first-order valence-electron chi connectivity index (χ1n) is 6.74. The summed E-state index contributed by atoms with van der Waals surface area (Å²) in [6.45, 7) is 6.28. The minimum absolute atomic E-state index is 0.207. The lowest BCUT2D eigenvalue weighted by Gasteiger charge is -2.36. The van der Waals surface area contributed by atoms with Crippen LogP contribution in [0.3, 0.4) is 0 Å². The molecule has 19 heavy (non-hydrogen) atoms. The number of fused-ring (bicyclic) bond motifs is 1. The van der Waals surface area contributed by atoms with E-state index in [0.717, 1.165) is 0 Å². The van der Waals surface area contributed by atoms with Gasteiger partial charge in [0.05, 0.1) is 6.04 Å². The molecule has 0 aliphatic rings. The summed E-state index contributed by atoms with van der Waals surface area (Å²) in [6.07, 6.45) is 0. The SMILES string of the molecule is Cc1ccc2cc(C(N(C)C)C(C)(C)N)ccc2c1. The zero-order chi connectivity index (χ0) is 14.2. The van der Waals surface area contributed by atoms with E-state index < -0.39 is 0 Å². The number of likely N-dealkylation sites (N-methyl/N-ethyl adjacent to an activating group) is 1. The minimum atomic E-state index is -0.276. The van der Waals surface area contributed by atoms with Gasteiger partial charge in [0.2, 0.25) is 0 Å². The molecular formula is C17H24N2. The molecule has 0 amide bonds. The molecule has 0 fully saturated rings. The molecule has 0 aromatic heterocycles. The number of hydrogen-bond acceptors (Lipinski definition) is 2. The van der Waals surface area contributed by atoms with Crippen molar-refractivity contribution in [1.29, 1.82) is 0 Å². The van der Waals surface area contributed by atoms with Gasteiger partial charge in [0.15, 0.2) is 0 Å². The fraction of sp³-hybridized carbons (Fsp3) is 0.412. The molecule has 0 saturated carbocycles. The van der Waals surface area contributed by atoms with Gasteiger partial charge in [0, 0.05) is 5.54 Å². The maximum atomic E-state index is 6.34. The summed E-state index contributed by atoms with van der Waals surface area (Å²) in [4.78, 5) is 2.19. The summed E-state index contributed by atoms with van der Waals surface area (Å²) < 4.78 is 0. The van der Waals surface area contributed by atoms with Gasteiger partial charge in [-0.25, -0.2) is 0 Å². The largest absolute Gasteiger partial charge is 0.324 e. The fourth-order valence-electron chi connectivity index (χ4n) is 2.95. The summed E-state index contributed by atoms with van der Waals surface area (Å²) >= 11 is 0. The topological polar surface area (TPSA) is 29.3 Å². The average molecular weight is 256 g/mol. The standard InChI is InChI=1S/C17H24N2/c1-12-6-7-14-11-15(9-8-13(14)10-12)16(19(4)5)17(2,3)18/h6-11,16H,18H2,1-5H3. The highest BCUT2D eigenvalue weighted by Gasteiger charge is 2.28. The van der Waals surface area contributed by atoms with Gasteiger partial charge in [0.1, 0.15) is 0 Å². The van der Waals surface area contributed by atoms with Crippen LogP contribution >= 0.6 is 0 Å². The minimum Gasteiger partial charge on any atom is -0.324 e. The van der Waals surface area contributed by atoms with Crippen molar-refractivity contribution >= 4 is 10.8 Å². The number of benzene rings is 2. The van der Waals surface area contributed by atoms with Crippen LogP contribution < -0.4 is 5.73 Å². The van der Waals surface area contributed by atoms with Crippen molar-refractivity contribution < 1.29 is 0 Å². The maximum absolute atomic E-state index is 6.34. The predicted molar refractivity (Wildman–Crippen MR) is 83.4 cm³/mol. The van der Waals surface area contributed by atoms with Crippen molar-refractivity contribution in [2.24, 2.45) is 5.73 Å². The van der Waals surface area contributed by atoms with Crippen LogP contribution in [-0.4, -0.2) is 24.5 Å². The van der Waals surface area contributed by atoms with Gasteiger partial charge in [-0.3, -0.25) is 0 Å². The molecule has 2 aromatic rings. The van der Waals surface area contributed by atoms with Gasteiger partial charge in [-0.05, 0) is 57.3 Å². The van der Waals surface area contributed by atoms with Crippen LogP contribution in [0.25, 0.3) is 10.8 Å². The molecule has 0 bridgehead atoms. The molecule has 2 aromatic carbocycles. The Bertz CT molecular complexity index is 579. The van der Waals surface area contributed by atoms with E-state index in [-0.39, 0.29) is 11.6 Å². The number of rotatable bonds is 3. The first-order valence-corrected chi connectivity index (χ1v) is 6.74. The van der Waals surface area contributed by atoms with Crippen molar-refractivity contribution in [2.45, 2.75) is 32.4 Å². The van der Waals surface area contributed by atoms with E-state index >= 15 is 0 Å². The third-order valence-electron chi connectivity index (χ3n) is 3.56. The van der Waals surface area contributed by atoms with Crippen LogP contribution in [0.4, 0.5) is 0 Å². The quantitative estimate of drug-likeness (QED) is 0.911. The Morgan fingerprint density at radius 2 is 1.58 bits per heavy atom. The molecule has 2 nitrogen and oxygen atoms in total. The van der Waals surface area contributed by atoms with E-state index in [1.165, 1.54) is 21.9 Å². The Balaban J connectivity index is 2.53. The lowest BCUT2D eigenvalue weighted by Crippen LogP contribution is -2.45. The third-order valence-corrected chi connectivity index (χ3v) is 3.56. The average Bonchev–Trinajstić information content (AvgIpc) is 2.27. The zero-order valence-electron chi connectivity index (χ0n) is 12.6. The summed E-state index contributed by atoms with van der Waals surface area (Å²) in [5, 5.41) is 2.57. The van der Waals surface area contributed by atoms with Crippen LogP contribution in [-0.2, 0) is 0 Å². The smallest absolute Gasteiger partial charge is 0.0517 e. The molecule has 0 spiro atoms. The normalized spacial score (nSPS) is 14.1. The van der Waals surface area contributed by atoms with E-state index in [2.05, 4.69) is 76.2 Å². The molecule has 0 heterocycles. The molecular weight excluding hydrogens is 232 g/mol. The van der Waals surface area contributed by atoms with Crippen LogP contribution in [0.1, 0.15) is 31.0 Å². The molecule has 1 atom stereocenters. The van der Waals surface area contributed by atoms with Gasteiger partial charge in [-0.2, -0.15) is 0 Å². The molecule has 2 heteroatoms. The Morgan fingerprint density at radius 1 is 1.00 bits per heavy atom. The second-order valence-corrected chi connectivity index (χ2v) is 6.30. The van der Waals surface area contributed by atoms with Crippen molar-refractivity contribution in [1.82, 2.24) is 4.90 Å². The molecule has 2 rings (SSSR count). The van der Waals surface area contributed by atoms with Crippen molar-refractivity contribution in [3.8, 4) is 0 Å². The maximum Gasteiger partial charge on any atom is 0.0517 e. The molecule has 0 radical (unpaired) electrons. The molecule has 102 valence electrons. The highest BCUT2D eigenvalue weighted by Crippen LogP contribution is 2.30. The van der Waals surface area contributed by atoms with E-state index in [0.29, 0.717) is 0 Å². The van der Waals surface area contributed by atoms with Gasteiger partial charge in [-0.1, -0.05) is 35.9 Å². The van der Waals surface area contributed by atoms with E-state index in [9.17, 15) is 0 Å². The summed E-state index contributed by atoms with van der Waals surface area (Å²) in [7, 11) is 4.16. The number of nitrogens with two attached hydrogens (primary N) is 1. The molecule has 0 saturated heterocycles. The second kappa shape index (κ2) is 4.95. The predicted octanol–water partition coefficient (Wildman–Crippen LogP) is 3.49. The Labute approximate surface area is 116 Å². The van der Waals surface area contributed by atoms with Gasteiger partial charge in [0.25, 0.3) is 0 Å². The first kappa shape index (κ1) is 14.0. The fourth-order valence-corrected chi connectivity index (χ4v) is 2.95. The van der Waals surface area contributed by atoms with Crippen LogP contribution in [0.5, 0.6) is 0 Å². The van der Waals surface area contributed by atoms with E-state index in [1.54, 1.807) is 0 Å². The lowest BCUT2D eigenvalue weighted by atomic mass is 9.87. The van der Waals surface area contributed by atoms with Crippen LogP contribution in [0.2, 0.25) is 0 Å². The third kappa shape index (κ3) is 2.96. The highest BCUT2D eigenvalue weighted by molar-refractivity contribution is 5.83. The summed E-state index contributed by atoms with van der Waals surface area (Å²) in [5.74, 6) is 0. The van der Waals surface area contributed by atoms with Crippen molar-refractivity contribution in [2.75, 3.05) is 14.1 Å². The Morgan fingerprint density at radius 3 is 2.16 bits per heavy atom. The number of nitrogens with zero attached hydrogens (tertiary/aromatic N) is 1.